The van der Waals surface area contributed by atoms with Gasteiger partial charge in [-0.05, 0) is 78.0 Å². The van der Waals surface area contributed by atoms with E-state index in [0.717, 1.165) is 30.5 Å². The Bertz CT molecular complexity index is 1180. The molecule has 0 aliphatic heterocycles. The highest BCUT2D eigenvalue weighted by atomic mass is 79.9. The number of nitrogens with one attached hydrogen (secondary N) is 2. The van der Waals surface area contributed by atoms with Gasteiger partial charge in [-0.3, -0.25) is 14.8 Å². The number of carbonyl (C=O) groups excluding carboxylic acids is 1. The van der Waals surface area contributed by atoms with Crippen molar-refractivity contribution in [3.05, 3.63) is 68.6 Å². The zero-order chi connectivity index (χ0) is 20.6. The van der Waals surface area contributed by atoms with Crippen molar-refractivity contribution in [2.24, 2.45) is 0 Å². The van der Waals surface area contributed by atoms with Crippen LogP contribution in [-0.4, -0.2) is 19.3 Å². The zero-order valence-electron chi connectivity index (χ0n) is 15.5. The van der Waals surface area contributed by atoms with Crippen LogP contribution in [0, 0.1) is 6.92 Å². The Kier molecular flexibility index (Phi) is 5.46. The SMILES string of the molecule is Cc1ccc(Br)c(NS(=O)(=O)c2cccc(C(=O)Nc3nc4c(s3)CCC4)c2)c1. The number of hydrogen-bond acceptors (Lipinski definition) is 5. The van der Waals surface area contributed by atoms with Crippen LogP contribution in [0.4, 0.5) is 10.8 Å². The molecular weight excluding hydrogens is 474 g/mol. The zero-order valence-corrected chi connectivity index (χ0v) is 18.7. The highest BCUT2D eigenvalue weighted by Gasteiger charge is 2.20. The van der Waals surface area contributed by atoms with Crippen LogP contribution < -0.4 is 10.0 Å². The van der Waals surface area contributed by atoms with E-state index in [1.165, 1.54) is 28.3 Å². The Balaban J connectivity index is 1.55. The van der Waals surface area contributed by atoms with Crippen molar-refractivity contribution in [1.82, 2.24) is 4.98 Å². The number of fused-ring (bicyclic) bond motifs is 1. The van der Waals surface area contributed by atoms with Crippen molar-refractivity contribution in [3.63, 3.8) is 0 Å². The maximum absolute atomic E-state index is 12.8. The smallest absolute Gasteiger partial charge is 0.261 e. The standard InChI is InChI=1S/C20H18BrN3O3S2/c1-12-8-9-15(21)17(10-12)24-29(26,27)14-5-2-4-13(11-14)19(25)23-20-22-16-6-3-7-18(16)28-20/h2,4-5,8-11,24H,3,6-7H2,1H3,(H,22,23,25). The summed E-state index contributed by atoms with van der Waals surface area (Å²) in [5.41, 5.74) is 2.67. The minimum absolute atomic E-state index is 0.0141. The van der Waals surface area contributed by atoms with Crippen molar-refractivity contribution in [2.75, 3.05) is 10.0 Å². The fourth-order valence-electron chi connectivity index (χ4n) is 3.14. The molecule has 0 fully saturated rings. The molecule has 1 aliphatic rings. The van der Waals surface area contributed by atoms with Crippen molar-refractivity contribution in [2.45, 2.75) is 31.1 Å². The van der Waals surface area contributed by atoms with E-state index in [0.29, 0.717) is 15.3 Å². The lowest BCUT2D eigenvalue weighted by Crippen LogP contribution is -2.16. The minimum Gasteiger partial charge on any atom is -0.298 e. The van der Waals surface area contributed by atoms with Crippen LogP contribution in [0.15, 0.2) is 51.8 Å². The minimum atomic E-state index is -3.85. The summed E-state index contributed by atoms with van der Waals surface area (Å²) in [4.78, 5) is 18.3. The summed E-state index contributed by atoms with van der Waals surface area (Å²) in [6.45, 7) is 1.88. The second-order valence-corrected chi connectivity index (χ2v) is 10.4. The summed E-state index contributed by atoms with van der Waals surface area (Å²) in [5.74, 6) is -0.383. The fourth-order valence-corrected chi connectivity index (χ4v) is 5.78. The predicted molar refractivity (Wildman–Crippen MR) is 118 cm³/mol. The molecule has 0 atom stereocenters. The van der Waals surface area contributed by atoms with Crippen LogP contribution in [0.3, 0.4) is 0 Å². The van der Waals surface area contributed by atoms with E-state index in [2.05, 4.69) is 31.0 Å². The lowest BCUT2D eigenvalue weighted by Gasteiger charge is -2.11. The summed E-state index contributed by atoms with van der Waals surface area (Å²) >= 11 is 4.83. The number of aryl methyl sites for hydroxylation is 3. The number of anilines is 2. The first kappa shape index (κ1) is 20.1. The van der Waals surface area contributed by atoms with E-state index in [4.69, 9.17) is 0 Å². The van der Waals surface area contributed by atoms with Gasteiger partial charge in [-0.15, -0.1) is 11.3 Å². The van der Waals surface area contributed by atoms with E-state index in [1.54, 1.807) is 24.3 Å². The van der Waals surface area contributed by atoms with Gasteiger partial charge in [0.25, 0.3) is 15.9 Å². The molecule has 0 saturated carbocycles. The first-order valence-corrected chi connectivity index (χ1v) is 12.1. The second kappa shape index (κ2) is 7.89. The van der Waals surface area contributed by atoms with Gasteiger partial charge in [0.1, 0.15) is 0 Å². The third-order valence-corrected chi connectivity index (χ3v) is 7.72. The summed E-state index contributed by atoms with van der Waals surface area (Å²) < 4.78 is 28.8. The number of aromatic nitrogens is 1. The van der Waals surface area contributed by atoms with Crippen molar-refractivity contribution in [3.8, 4) is 0 Å². The molecule has 6 nitrogen and oxygen atoms in total. The van der Waals surface area contributed by atoms with Gasteiger partial charge in [0, 0.05) is 14.9 Å². The lowest BCUT2D eigenvalue weighted by atomic mass is 10.2. The van der Waals surface area contributed by atoms with Gasteiger partial charge < -0.3 is 0 Å². The highest BCUT2D eigenvalue weighted by molar-refractivity contribution is 9.10. The summed E-state index contributed by atoms with van der Waals surface area (Å²) in [6, 6.07) is 11.3. The Hall–Kier alpha value is -2.23. The molecule has 1 aliphatic carbocycles. The maximum atomic E-state index is 12.8. The van der Waals surface area contributed by atoms with E-state index >= 15 is 0 Å². The largest absolute Gasteiger partial charge is 0.298 e. The molecule has 4 rings (SSSR count). The molecular formula is C20H18BrN3O3S2. The fraction of sp³-hybridized carbons (Fsp3) is 0.200. The molecule has 1 aromatic heterocycles. The molecule has 0 bridgehead atoms. The maximum Gasteiger partial charge on any atom is 0.261 e. The van der Waals surface area contributed by atoms with Gasteiger partial charge in [-0.25, -0.2) is 13.4 Å². The Morgan fingerprint density at radius 2 is 2.00 bits per heavy atom. The molecule has 1 amide bonds. The van der Waals surface area contributed by atoms with Crippen molar-refractivity contribution < 1.29 is 13.2 Å². The number of rotatable bonds is 5. The molecule has 2 aromatic carbocycles. The molecule has 2 N–H and O–H groups in total. The molecule has 9 heteroatoms. The molecule has 3 aromatic rings. The van der Waals surface area contributed by atoms with Gasteiger partial charge in [0.05, 0.1) is 16.3 Å². The quantitative estimate of drug-likeness (QED) is 0.538. The Morgan fingerprint density at radius 3 is 2.79 bits per heavy atom. The third-order valence-electron chi connectivity index (χ3n) is 4.59. The number of benzene rings is 2. The number of nitrogens with zero attached hydrogens (tertiary/aromatic N) is 1. The number of thiazole rings is 1. The van der Waals surface area contributed by atoms with E-state index in [-0.39, 0.29) is 16.4 Å². The molecule has 1 heterocycles. The van der Waals surface area contributed by atoms with Gasteiger partial charge in [-0.1, -0.05) is 12.1 Å². The summed E-state index contributed by atoms with van der Waals surface area (Å²) in [7, 11) is -3.85. The van der Waals surface area contributed by atoms with E-state index < -0.39 is 10.0 Å². The topological polar surface area (TPSA) is 88.2 Å². The molecule has 0 spiro atoms. The Morgan fingerprint density at radius 1 is 1.17 bits per heavy atom. The molecule has 0 radical (unpaired) electrons. The van der Waals surface area contributed by atoms with Gasteiger partial charge >= 0.3 is 0 Å². The van der Waals surface area contributed by atoms with Gasteiger partial charge in [0.15, 0.2) is 5.13 Å². The van der Waals surface area contributed by atoms with Crippen LogP contribution in [0.1, 0.15) is 32.9 Å². The van der Waals surface area contributed by atoms with E-state index in [1.807, 2.05) is 13.0 Å². The second-order valence-electron chi connectivity index (χ2n) is 6.81. The van der Waals surface area contributed by atoms with Gasteiger partial charge in [0.2, 0.25) is 0 Å². The Labute approximate surface area is 181 Å². The average molecular weight is 492 g/mol. The van der Waals surface area contributed by atoms with Crippen LogP contribution >= 0.6 is 27.3 Å². The lowest BCUT2D eigenvalue weighted by molar-refractivity contribution is 0.102. The van der Waals surface area contributed by atoms with Crippen LogP contribution in [0.2, 0.25) is 0 Å². The average Bonchev–Trinajstić information content (AvgIpc) is 3.26. The van der Waals surface area contributed by atoms with Crippen molar-refractivity contribution >= 4 is 54.0 Å². The molecule has 0 saturated heterocycles. The molecule has 150 valence electrons. The summed E-state index contributed by atoms with van der Waals surface area (Å²) in [6.07, 6.45) is 3.04. The summed E-state index contributed by atoms with van der Waals surface area (Å²) in [5, 5.41) is 3.33. The number of sulfonamides is 1. The van der Waals surface area contributed by atoms with Crippen LogP contribution in [-0.2, 0) is 22.9 Å². The molecule has 0 unspecified atom stereocenters. The number of amides is 1. The van der Waals surface area contributed by atoms with Crippen LogP contribution in [0.5, 0.6) is 0 Å². The number of halogens is 1. The number of hydrogen-bond donors (Lipinski definition) is 2. The van der Waals surface area contributed by atoms with Gasteiger partial charge in [-0.2, -0.15) is 0 Å². The first-order valence-electron chi connectivity index (χ1n) is 9.01. The monoisotopic (exact) mass is 491 g/mol. The van der Waals surface area contributed by atoms with Crippen LogP contribution in [0.25, 0.3) is 0 Å². The van der Waals surface area contributed by atoms with E-state index in [9.17, 15) is 13.2 Å². The highest BCUT2D eigenvalue weighted by Crippen LogP contribution is 2.31. The first-order chi connectivity index (χ1) is 13.8. The normalized spacial score (nSPS) is 13.2. The third kappa shape index (κ3) is 4.36. The molecule has 29 heavy (non-hydrogen) atoms. The number of carbonyl (C=O) groups is 1. The van der Waals surface area contributed by atoms with Crippen molar-refractivity contribution in [1.29, 1.82) is 0 Å². The predicted octanol–water partition coefficient (Wildman–Crippen LogP) is 4.76.